The molecule has 4 N–H and O–H groups in total. The van der Waals surface area contributed by atoms with Gasteiger partial charge in [0, 0.05) is 34.5 Å². The molecule has 0 spiro atoms. The van der Waals surface area contributed by atoms with Crippen LogP contribution in [0.4, 0.5) is 11.4 Å². The quantitative estimate of drug-likeness (QED) is 0.240. The molecule has 0 aliphatic heterocycles. The second-order valence-corrected chi connectivity index (χ2v) is 9.07. The highest BCUT2D eigenvalue weighted by Gasteiger charge is 2.08. The van der Waals surface area contributed by atoms with Gasteiger partial charge in [0.1, 0.15) is 22.5 Å². The zero-order valence-electron chi connectivity index (χ0n) is 23.1. The van der Waals surface area contributed by atoms with Gasteiger partial charge in [0.05, 0.1) is 0 Å². The van der Waals surface area contributed by atoms with Gasteiger partial charge < -0.3 is 25.6 Å². The Kier molecular flexibility index (Phi) is 10.7. The van der Waals surface area contributed by atoms with Crippen molar-refractivity contribution in [2.24, 2.45) is 0 Å². The van der Waals surface area contributed by atoms with Gasteiger partial charge in [0.2, 0.25) is 0 Å². The first-order valence-corrected chi connectivity index (χ1v) is 13.3. The second kappa shape index (κ2) is 15.3. The molecule has 6 rings (SSSR count). The molecule has 43 heavy (non-hydrogen) atoms. The van der Waals surface area contributed by atoms with E-state index in [-0.39, 0.29) is 30.5 Å². The van der Waals surface area contributed by atoms with Crippen molar-refractivity contribution in [2.45, 2.75) is 0 Å². The highest BCUT2D eigenvalue weighted by atomic mass is 16.5. The van der Waals surface area contributed by atoms with Crippen LogP contribution in [-0.4, -0.2) is 40.5 Å². The number of ether oxygens (including phenoxy) is 2. The zero-order chi connectivity index (χ0) is 29.0. The van der Waals surface area contributed by atoms with Gasteiger partial charge in [-0.15, -0.1) is 0 Å². The van der Waals surface area contributed by atoms with E-state index in [9.17, 15) is 9.59 Å². The first-order chi connectivity index (χ1) is 20.7. The minimum absolute atomic E-state index is 0. The number of rotatable bonds is 8. The highest BCUT2D eigenvalue weighted by molar-refractivity contribution is 5.93. The summed E-state index contributed by atoms with van der Waals surface area (Å²) >= 11 is 0. The zero-order valence-corrected chi connectivity index (χ0v) is 23.1. The molecule has 0 aliphatic rings. The number of fused-ring (bicyclic) bond motifs is 2. The average molecular weight is 575 g/mol. The maximum Gasteiger partial charge on any atom is 0.262 e. The average Bonchev–Trinajstić information content (AvgIpc) is 3.04. The lowest BCUT2D eigenvalue weighted by Crippen LogP contribution is -2.20. The van der Waals surface area contributed by atoms with Crippen molar-refractivity contribution in [3.63, 3.8) is 0 Å². The van der Waals surface area contributed by atoms with E-state index in [4.69, 9.17) is 9.47 Å². The van der Waals surface area contributed by atoms with Gasteiger partial charge in [-0.1, -0.05) is 72.8 Å². The molecular formula is C34H30N4O5. The minimum atomic E-state index is -0.200. The Morgan fingerprint density at radius 1 is 0.512 bits per heavy atom. The first kappa shape index (κ1) is 30.2. The third kappa shape index (κ3) is 8.59. The summed E-state index contributed by atoms with van der Waals surface area (Å²) < 4.78 is 11.2. The largest absolute Gasteiger partial charge is 0.481 e. The van der Waals surface area contributed by atoms with Crippen molar-refractivity contribution in [1.29, 1.82) is 0 Å². The van der Waals surface area contributed by atoms with Crippen molar-refractivity contribution in [3.05, 3.63) is 134 Å². The maximum atomic E-state index is 11.9. The number of anilines is 2. The number of amides is 2. The third-order valence-electron chi connectivity index (χ3n) is 6.02. The monoisotopic (exact) mass is 574 g/mol. The lowest BCUT2D eigenvalue weighted by Gasteiger charge is -2.09. The van der Waals surface area contributed by atoms with E-state index in [2.05, 4.69) is 20.6 Å². The highest BCUT2D eigenvalue weighted by Crippen LogP contribution is 2.24. The standard InChI is InChI=1S/2C17H14N2O2.H2O/c2*20-16(19-14-8-2-1-3-9-14)12-21-15-10-4-6-13-7-5-11-18-17(13)15;/h2*1-11H,12H2,(H,19,20);1H2. The molecule has 0 unspecified atom stereocenters. The minimum Gasteiger partial charge on any atom is -0.481 e. The second-order valence-electron chi connectivity index (χ2n) is 9.07. The number of nitrogens with one attached hydrogen (secondary N) is 2. The molecule has 9 nitrogen and oxygen atoms in total. The van der Waals surface area contributed by atoms with Crippen molar-refractivity contribution in [2.75, 3.05) is 23.8 Å². The van der Waals surface area contributed by atoms with Crippen LogP contribution in [0.3, 0.4) is 0 Å². The molecule has 0 saturated carbocycles. The van der Waals surface area contributed by atoms with Gasteiger partial charge in [-0.05, 0) is 48.5 Å². The van der Waals surface area contributed by atoms with Crippen LogP contribution in [0.1, 0.15) is 0 Å². The lowest BCUT2D eigenvalue weighted by atomic mass is 10.2. The summed E-state index contributed by atoms with van der Waals surface area (Å²) in [5.41, 5.74) is 3.02. The predicted molar refractivity (Wildman–Crippen MR) is 168 cm³/mol. The van der Waals surface area contributed by atoms with E-state index in [0.717, 1.165) is 33.2 Å². The van der Waals surface area contributed by atoms with E-state index in [1.807, 2.05) is 121 Å². The van der Waals surface area contributed by atoms with Gasteiger partial charge in [-0.25, -0.2) is 0 Å². The Morgan fingerprint density at radius 2 is 0.907 bits per heavy atom. The van der Waals surface area contributed by atoms with Crippen molar-refractivity contribution < 1.29 is 24.5 Å². The van der Waals surface area contributed by atoms with Crippen LogP contribution < -0.4 is 20.1 Å². The summed E-state index contributed by atoms with van der Waals surface area (Å²) in [4.78, 5) is 32.3. The number of para-hydroxylation sites is 4. The molecule has 216 valence electrons. The van der Waals surface area contributed by atoms with Crippen LogP contribution in [0.2, 0.25) is 0 Å². The lowest BCUT2D eigenvalue weighted by molar-refractivity contribution is -0.118. The SMILES string of the molecule is O.O=C(COc1cccc2cccnc12)Nc1ccccc1.O=C(COc1cccc2cccnc12)Nc1ccccc1. The maximum absolute atomic E-state index is 11.9. The molecule has 0 atom stereocenters. The fourth-order valence-electron chi connectivity index (χ4n) is 4.11. The molecule has 9 heteroatoms. The van der Waals surface area contributed by atoms with Crippen LogP contribution in [0.15, 0.2) is 134 Å². The van der Waals surface area contributed by atoms with E-state index < -0.39 is 0 Å². The van der Waals surface area contributed by atoms with Crippen molar-refractivity contribution in [1.82, 2.24) is 9.97 Å². The molecule has 6 aromatic rings. The fourth-order valence-corrected chi connectivity index (χ4v) is 4.11. The summed E-state index contributed by atoms with van der Waals surface area (Å²) in [7, 11) is 0. The molecule has 2 heterocycles. The number of nitrogens with zero attached hydrogens (tertiary/aromatic N) is 2. The van der Waals surface area contributed by atoms with Crippen molar-refractivity contribution in [3.8, 4) is 11.5 Å². The van der Waals surface area contributed by atoms with E-state index >= 15 is 0 Å². The van der Waals surface area contributed by atoms with Gasteiger partial charge in [0.25, 0.3) is 11.8 Å². The predicted octanol–water partition coefficient (Wildman–Crippen LogP) is 5.68. The van der Waals surface area contributed by atoms with Crippen molar-refractivity contribution >= 4 is 45.0 Å². The third-order valence-corrected chi connectivity index (χ3v) is 6.02. The van der Waals surface area contributed by atoms with Crippen LogP contribution in [-0.2, 0) is 9.59 Å². The number of carbonyl (C=O) groups excluding carboxylic acids is 2. The smallest absolute Gasteiger partial charge is 0.262 e. The number of pyridine rings is 2. The topological polar surface area (TPSA) is 134 Å². The Labute approximate surface area is 248 Å². The number of aromatic nitrogens is 2. The summed E-state index contributed by atoms with van der Waals surface area (Å²) in [6, 6.07) is 37.5. The van der Waals surface area contributed by atoms with E-state index in [0.29, 0.717) is 11.5 Å². The molecule has 0 bridgehead atoms. The van der Waals surface area contributed by atoms with Crippen LogP contribution in [0.5, 0.6) is 11.5 Å². The van der Waals surface area contributed by atoms with Gasteiger partial charge in [0.15, 0.2) is 13.2 Å². The van der Waals surface area contributed by atoms with Gasteiger partial charge >= 0.3 is 0 Å². The molecule has 0 radical (unpaired) electrons. The first-order valence-electron chi connectivity index (χ1n) is 13.3. The Hall–Kier alpha value is -5.80. The van der Waals surface area contributed by atoms with Crippen LogP contribution >= 0.6 is 0 Å². The molecule has 4 aromatic carbocycles. The summed E-state index contributed by atoms with van der Waals surface area (Å²) in [6.07, 6.45) is 3.42. The molecule has 0 saturated heterocycles. The number of benzene rings is 4. The van der Waals surface area contributed by atoms with Gasteiger partial charge in [-0.2, -0.15) is 0 Å². The van der Waals surface area contributed by atoms with E-state index in [1.165, 1.54) is 0 Å². The normalized spacial score (nSPS) is 10.0. The Bertz CT molecular complexity index is 1640. The van der Waals surface area contributed by atoms with E-state index in [1.54, 1.807) is 12.4 Å². The number of carbonyl (C=O) groups is 2. The summed E-state index contributed by atoms with van der Waals surface area (Å²) in [5.74, 6) is 0.816. The number of hydrogen-bond donors (Lipinski definition) is 2. The Morgan fingerprint density at radius 3 is 1.33 bits per heavy atom. The molecule has 2 amide bonds. The summed E-state index contributed by atoms with van der Waals surface area (Å²) in [6.45, 7) is -0.102. The molecule has 0 aliphatic carbocycles. The van der Waals surface area contributed by atoms with Gasteiger partial charge in [-0.3, -0.25) is 19.6 Å². The number of hydrogen-bond acceptors (Lipinski definition) is 6. The fraction of sp³-hybridized carbons (Fsp3) is 0.0588. The summed E-state index contributed by atoms with van der Waals surface area (Å²) in [5, 5.41) is 7.52. The van der Waals surface area contributed by atoms with Crippen LogP contribution in [0.25, 0.3) is 21.8 Å². The molecule has 2 aromatic heterocycles. The molecule has 0 fully saturated rings. The Balaban J connectivity index is 0.000000192. The molecular weight excluding hydrogens is 544 g/mol. The van der Waals surface area contributed by atoms with Crippen LogP contribution in [0, 0.1) is 0 Å².